The molecule has 0 spiro atoms. The Labute approximate surface area is 284 Å². The van der Waals surface area contributed by atoms with E-state index in [9.17, 15) is 0 Å². The summed E-state index contributed by atoms with van der Waals surface area (Å²) in [7, 11) is 6.79. The molecular formula is C35H38Cl2N6O4. The number of rotatable bonds is 8. The lowest BCUT2D eigenvalue weighted by molar-refractivity contribution is 0.0115. The van der Waals surface area contributed by atoms with Crippen molar-refractivity contribution in [2.75, 3.05) is 78.0 Å². The third-order valence-electron chi connectivity index (χ3n) is 9.43. The Morgan fingerprint density at radius 1 is 0.830 bits per heavy atom. The molecule has 0 amide bonds. The second-order valence-corrected chi connectivity index (χ2v) is 12.5. The Hall–Kier alpha value is -3.96. The zero-order valence-corrected chi connectivity index (χ0v) is 28.5. The number of hydrogen-bond acceptors (Lipinski definition) is 9. The molecule has 246 valence electrons. The van der Waals surface area contributed by atoms with Crippen LogP contribution in [-0.4, -0.2) is 93.1 Å². The van der Waals surface area contributed by atoms with E-state index in [1.807, 2.05) is 29.9 Å². The van der Waals surface area contributed by atoms with Crippen LogP contribution in [0.15, 0.2) is 48.9 Å². The molecule has 12 heteroatoms. The van der Waals surface area contributed by atoms with E-state index in [2.05, 4.69) is 33.3 Å². The second-order valence-electron chi connectivity index (χ2n) is 11.8. The number of ether oxygens (including phenoxy) is 4. The van der Waals surface area contributed by atoms with Gasteiger partial charge >= 0.3 is 0 Å². The number of nitrogens with zero attached hydrogens (tertiary/aromatic N) is 5. The van der Waals surface area contributed by atoms with E-state index in [-0.39, 0.29) is 0 Å². The van der Waals surface area contributed by atoms with Gasteiger partial charge in [0.15, 0.2) is 0 Å². The monoisotopic (exact) mass is 676 g/mol. The minimum atomic E-state index is 0.377. The molecule has 47 heavy (non-hydrogen) atoms. The summed E-state index contributed by atoms with van der Waals surface area (Å²) in [6, 6.07) is 10.6. The van der Waals surface area contributed by atoms with E-state index in [4.69, 9.17) is 52.1 Å². The van der Waals surface area contributed by atoms with E-state index >= 15 is 0 Å². The molecule has 2 fully saturated rings. The minimum absolute atomic E-state index is 0.377. The summed E-state index contributed by atoms with van der Waals surface area (Å²) in [5, 5.41) is 5.07. The zero-order chi connectivity index (χ0) is 32.7. The Balaban J connectivity index is 1.26. The number of fused-ring (bicyclic) bond motifs is 3. The van der Waals surface area contributed by atoms with Crippen molar-refractivity contribution in [3.8, 4) is 39.6 Å². The van der Waals surface area contributed by atoms with Crippen molar-refractivity contribution in [2.24, 2.45) is 0 Å². The van der Waals surface area contributed by atoms with Gasteiger partial charge in [-0.15, -0.1) is 0 Å². The fourth-order valence-corrected chi connectivity index (χ4v) is 7.66. The minimum Gasteiger partial charge on any atom is -0.496 e. The third-order valence-corrected chi connectivity index (χ3v) is 10.2. The highest BCUT2D eigenvalue weighted by molar-refractivity contribution is 6.41. The average molecular weight is 678 g/mol. The first-order chi connectivity index (χ1) is 22.9. The standard InChI is InChI=1S/C35H38Cl2N6O4/c1-38-26-16-23(29(44-2)18-28(26)42-8-5-22(6-9-42)41-11-13-47-14-12-41)25-17-27-21(20-40-25)15-24(35-39-7-10-43(27)35)32-33(36)30(45-3)19-31(46-4)34(32)37/h7,10,15-20,22,38H,5-6,8-9,11-14H2,1-4H3. The molecular weight excluding hydrogens is 639 g/mol. The predicted octanol–water partition coefficient (Wildman–Crippen LogP) is 6.89. The van der Waals surface area contributed by atoms with Crippen LogP contribution in [0.1, 0.15) is 12.8 Å². The number of piperidine rings is 1. The number of imidazole rings is 1. The zero-order valence-electron chi connectivity index (χ0n) is 27.0. The number of morpholine rings is 1. The van der Waals surface area contributed by atoms with E-state index in [0.717, 1.165) is 97.1 Å². The van der Waals surface area contributed by atoms with Crippen LogP contribution < -0.4 is 24.4 Å². The van der Waals surface area contributed by atoms with Crippen molar-refractivity contribution in [2.45, 2.75) is 18.9 Å². The molecule has 3 aromatic heterocycles. The highest BCUT2D eigenvalue weighted by atomic mass is 35.5. The molecule has 0 atom stereocenters. The molecule has 2 aliphatic rings. The van der Waals surface area contributed by atoms with Crippen molar-refractivity contribution >= 4 is 51.1 Å². The number of pyridine rings is 2. The number of hydrogen-bond donors (Lipinski definition) is 1. The molecule has 0 unspecified atom stereocenters. The molecule has 1 N–H and O–H groups in total. The van der Waals surface area contributed by atoms with Gasteiger partial charge in [0.2, 0.25) is 0 Å². The largest absolute Gasteiger partial charge is 0.496 e. The van der Waals surface area contributed by atoms with E-state index in [1.165, 1.54) is 0 Å². The maximum atomic E-state index is 6.83. The summed E-state index contributed by atoms with van der Waals surface area (Å²) in [6.07, 6.45) is 7.79. The highest BCUT2D eigenvalue weighted by Gasteiger charge is 2.28. The van der Waals surface area contributed by atoms with Gasteiger partial charge in [-0.1, -0.05) is 23.2 Å². The summed E-state index contributed by atoms with van der Waals surface area (Å²) in [6.45, 7) is 5.69. The Morgan fingerprint density at radius 2 is 1.53 bits per heavy atom. The van der Waals surface area contributed by atoms with Gasteiger partial charge in [-0.05, 0) is 31.0 Å². The van der Waals surface area contributed by atoms with Crippen LogP contribution in [0.4, 0.5) is 11.4 Å². The molecule has 7 rings (SSSR count). The van der Waals surface area contributed by atoms with Crippen molar-refractivity contribution in [3.63, 3.8) is 0 Å². The van der Waals surface area contributed by atoms with Gasteiger partial charge in [0.25, 0.3) is 0 Å². The van der Waals surface area contributed by atoms with E-state index in [0.29, 0.717) is 38.8 Å². The molecule has 5 heterocycles. The molecule has 10 nitrogen and oxygen atoms in total. The Bertz CT molecular complexity index is 1910. The van der Waals surface area contributed by atoms with Crippen LogP contribution in [0.5, 0.6) is 17.2 Å². The van der Waals surface area contributed by atoms with Crippen LogP contribution in [-0.2, 0) is 4.74 Å². The number of anilines is 2. The van der Waals surface area contributed by atoms with Gasteiger partial charge in [-0.2, -0.15) is 0 Å². The third kappa shape index (κ3) is 5.67. The number of benzene rings is 2. The number of halogens is 2. The molecule has 0 aliphatic carbocycles. The quantitative estimate of drug-likeness (QED) is 0.189. The summed E-state index contributed by atoms with van der Waals surface area (Å²) in [5.74, 6) is 1.68. The molecule has 2 aromatic carbocycles. The maximum absolute atomic E-state index is 6.83. The van der Waals surface area contributed by atoms with Crippen molar-refractivity contribution in [1.82, 2.24) is 19.3 Å². The fraction of sp³-hybridized carbons (Fsp3) is 0.371. The van der Waals surface area contributed by atoms with Crippen molar-refractivity contribution < 1.29 is 18.9 Å². The van der Waals surface area contributed by atoms with Crippen LogP contribution in [0.25, 0.3) is 38.9 Å². The first kappa shape index (κ1) is 31.6. The van der Waals surface area contributed by atoms with Crippen LogP contribution in [0, 0.1) is 0 Å². The summed E-state index contributed by atoms with van der Waals surface area (Å²) in [4.78, 5) is 14.7. The van der Waals surface area contributed by atoms with Gasteiger partial charge < -0.3 is 29.2 Å². The molecule has 0 radical (unpaired) electrons. The van der Waals surface area contributed by atoms with E-state index < -0.39 is 0 Å². The van der Waals surface area contributed by atoms with Crippen LogP contribution in [0.2, 0.25) is 10.0 Å². The lowest BCUT2D eigenvalue weighted by Crippen LogP contribution is -2.49. The fourth-order valence-electron chi connectivity index (χ4n) is 6.96. The molecule has 2 aliphatic heterocycles. The van der Waals surface area contributed by atoms with Gasteiger partial charge in [0.05, 0.1) is 67.2 Å². The predicted molar refractivity (Wildman–Crippen MR) is 188 cm³/mol. The Morgan fingerprint density at radius 3 is 2.19 bits per heavy atom. The normalized spacial score (nSPS) is 16.2. The first-order valence-electron chi connectivity index (χ1n) is 15.8. The topological polar surface area (TPSA) is 85.6 Å². The van der Waals surface area contributed by atoms with Gasteiger partial charge in [0.1, 0.15) is 22.9 Å². The lowest BCUT2D eigenvalue weighted by atomic mass is 10.00. The van der Waals surface area contributed by atoms with Crippen LogP contribution >= 0.6 is 23.2 Å². The number of aromatic nitrogens is 3. The summed E-state index contributed by atoms with van der Waals surface area (Å²) in [5.41, 5.74) is 6.78. The summed E-state index contributed by atoms with van der Waals surface area (Å²) >= 11 is 13.7. The van der Waals surface area contributed by atoms with E-state index in [1.54, 1.807) is 33.6 Å². The van der Waals surface area contributed by atoms with Crippen LogP contribution in [0.3, 0.4) is 0 Å². The van der Waals surface area contributed by atoms with Crippen molar-refractivity contribution in [3.05, 3.63) is 59.0 Å². The Kier molecular flexibility index (Phi) is 8.93. The molecule has 5 aromatic rings. The average Bonchev–Trinajstić information content (AvgIpc) is 3.62. The second kappa shape index (κ2) is 13.3. The highest BCUT2D eigenvalue weighted by Crippen LogP contribution is 2.48. The molecule has 0 bridgehead atoms. The van der Waals surface area contributed by atoms with Gasteiger partial charge in [-0.25, -0.2) is 4.98 Å². The summed E-state index contributed by atoms with van der Waals surface area (Å²) < 4.78 is 24.6. The van der Waals surface area contributed by atoms with Gasteiger partial charge in [-0.3, -0.25) is 14.3 Å². The smallest absolute Gasteiger partial charge is 0.145 e. The van der Waals surface area contributed by atoms with Crippen molar-refractivity contribution in [1.29, 1.82) is 0 Å². The van der Waals surface area contributed by atoms with Gasteiger partial charge in [0, 0.05) is 92.1 Å². The molecule has 0 saturated carbocycles. The number of nitrogens with one attached hydrogen (secondary N) is 1. The maximum Gasteiger partial charge on any atom is 0.145 e. The molecule has 2 saturated heterocycles. The lowest BCUT2D eigenvalue weighted by Gasteiger charge is -2.41. The first-order valence-corrected chi connectivity index (χ1v) is 16.5. The SMILES string of the molecule is CNc1cc(-c2cc3c(cn2)cc(-c2c(Cl)c(OC)cc(OC)c2Cl)c2nccn23)c(OC)cc1N1CCC(N2CCOCC2)CC1. The number of methoxy groups -OCH3 is 3.